The van der Waals surface area contributed by atoms with Gasteiger partial charge in [0.2, 0.25) is 0 Å². The molecule has 0 aromatic heterocycles. The van der Waals surface area contributed by atoms with Crippen molar-refractivity contribution >= 4 is 23.6 Å². The Morgan fingerprint density at radius 1 is 0.875 bits per heavy atom. The fourth-order valence-electron chi connectivity index (χ4n) is 3.72. The maximum atomic E-state index is 12.0. The van der Waals surface area contributed by atoms with Gasteiger partial charge in [0.1, 0.15) is 6.04 Å². The van der Waals surface area contributed by atoms with Crippen LogP contribution in [0.2, 0.25) is 0 Å². The van der Waals surface area contributed by atoms with E-state index in [1.54, 1.807) is 26.8 Å². The molecule has 12 nitrogen and oxygen atoms in total. The number of aryl methyl sites for hydroxylation is 1. The second-order valence-corrected chi connectivity index (χ2v) is 7.69. The van der Waals surface area contributed by atoms with Crippen LogP contribution in [0.15, 0.2) is 24.3 Å². The van der Waals surface area contributed by atoms with E-state index in [1.165, 1.54) is 12.1 Å². The first-order chi connectivity index (χ1) is 15.2. The molecule has 1 unspecified atom stereocenters. The van der Waals surface area contributed by atoms with Gasteiger partial charge in [0.05, 0.1) is 18.0 Å². The molecule has 32 heavy (non-hydrogen) atoms. The van der Waals surface area contributed by atoms with E-state index in [0.29, 0.717) is 45.7 Å². The number of carboxylic acid groups (broad SMARTS) is 3. The summed E-state index contributed by atoms with van der Waals surface area (Å²) in [5.41, 5.74) is 0.728. The van der Waals surface area contributed by atoms with Crippen LogP contribution in [0.1, 0.15) is 12.0 Å². The molecule has 0 amide bonds. The average Bonchev–Trinajstić information content (AvgIpc) is 2.80. The van der Waals surface area contributed by atoms with E-state index in [1.807, 2.05) is 0 Å². The van der Waals surface area contributed by atoms with Gasteiger partial charge in [-0.15, -0.1) is 0 Å². The van der Waals surface area contributed by atoms with Gasteiger partial charge in [0.25, 0.3) is 5.69 Å². The van der Waals surface area contributed by atoms with Crippen LogP contribution in [0.25, 0.3) is 0 Å². The Hall–Kier alpha value is -3.09. The minimum absolute atomic E-state index is 0.0411. The Balaban J connectivity index is 2.11. The third-order valence-corrected chi connectivity index (χ3v) is 5.44. The van der Waals surface area contributed by atoms with E-state index in [-0.39, 0.29) is 25.2 Å². The van der Waals surface area contributed by atoms with Crippen LogP contribution >= 0.6 is 0 Å². The second kappa shape index (κ2) is 12.1. The predicted molar refractivity (Wildman–Crippen MR) is 113 cm³/mol. The van der Waals surface area contributed by atoms with E-state index in [9.17, 15) is 29.6 Å². The lowest BCUT2D eigenvalue weighted by Gasteiger charge is -2.30. The zero-order valence-corrected chi connectivity index (χ0v) is 17.6. The number of hydrogen-bond donors (Lipinski definition) is 3. The number of carboxylic acids is 3. The SMILES string of the molecule is O=C(O)CN1CCN(CC(=O)O)CCN(C(CCc2ccc([N+](=O)[O-])cc2)C(=O)O)CC1. The van der Waals surface area contributed by atoms with Gasteiger partial charge in [-0.1, -0.05) is 12.1 Å². The molecular formula is C20H28N4O8. The van der Waals surface area contributed by atoms with Crippen molar-refractivity contribution in [3.8, 4) is 0 Å². The van der Waals surface area contributed by atoms with Crippen LogP contribution in [-0.2, 0) is 20.8 Å². The maximum absolute atomic E-state index is 12.0. The normalized spacial score (nSPS) is 17.6. The molecule has 1 heterocycles. The van der Waals surface area contributed by atoms with Crippen LogP contribution in [0.4, 0.5) is 5.69 Å². The fourth-order valence-corrected chi connectivity index (χ4v) is 3.72. The number of aliphatic carboxylic acids is 3. The molecule has 1 aromatic rings. The van der Waals surface area contributed by atoms with Gasteiger partial charge in [0.15, 0.2) is 0 Å². The van der Waals surface area contributed by atoms with Gasteiger partial charge in [-0.25, -0.2) is 0 Å². The quantitative estimate of drug-likeness (QED) is 0.325. The number of nitro groups is 1. The first-order valence-electron chi connectivity index (χ1n) is 10.2. The smallest absolute Gasteiger partial charge is 0.320 e. The van der Waals surface area contributed by atoms with Crippen LogP contribution in [0, 0.1) is 10.1 Å². The molecule has 3 N–H and O–H groups in total. The third kappa shape index (κ3) is 8.21. The van der Waals surface area contributed by atoms with Gasteiger partial charge in [0, 0.05) is 51.4 Å². The Bertz CT molecular complexity index is 788. The number of carbonyl (C=O) groups is 3. The molecule has 0 saturated carbocycles. The molecule has 1 aromatic carbocycles. The summed E-state index contributed by atoms with van der Waals surface area (Å²) in [5, 5.41) is 38.9. The minimum Gasteiger partial charge on any atom is -0.480 e. The Kier molecular flexibility index (Phi) is 9.50. The number of nitrogens with zero attached hydrogens (tertiary/aromatic N) is 4. The highest BCUT2D eigenvalue weighted by Gasteiger charge is 2.28. The summed E-state index contributed by atoms with van der Waals surface area (Å²) in [5.74, 6) is -3.04. The Labute approximate surface area is 184 Å². The molecule has 0 spiro atoms. The van der Waals surface area contributed by atoms with Crippen molar-refractivity contribution in [3.63, 3.8) is 0 Å². The molecule has 1 saturated heterocycles. The standard InChI is InChI=1S/C20H28N4O8/c25-18(26)13-21-7-8-22(14-19(27)28)10-12-23(11-9-21)17(20(29)30)6-3-15-1-4-16(5-2-15)24(31)32/h1-2,4-5,17H,3,6-14H2,(H,25,26)(H,27,28)(H,29,30). The summed E-state index contributed by atoms with van der Waals surface area (Å²) in [6.07, 6.45) is 0.647. The molecule has 0 aliphatic carbocycles. The lowest BCUT2D eigenvalue weighted by atomic mass is 10.0. The third-order valence-electron chi connectivity index (χ3n) is 5.44. The lowest BCUT2D eigenvalue weighted by molar-refractivity contribution is -0.384. The first kappa shape index (κ1) is 25.2. The average molecular weight is 452 g/mol. The Morgan fingerprint density at radius 3 is 1.75 bits per heavy atom. The molecule has 12 heteroatoms. The molecular weight excluding hydrogens is 424 g/mol. The van der Waals surface area contributed by atoms with Gasteiger partial charge in [-0.2, -0.15) is 0 Å². The fraction of sp³-hybridized carbons (Fsp3) is 0.550. The Morgan fingerprint density at radius 2 is 1.34 bits per heavy atom. The monoisotopic (exact) mass is 452 g/mol. The zero-order valence-electron chi connectivity index (χ0n) is 17.6. The van der Waals surface area contributed by atoms with E-state index in [4.69, 9.17) is 10.2 Å². The van der Waals surface area contributed by atoms with Gasteiger partial charge in [-0.3, -0.25) is 39.2 Å². The van der Waals surface area contributed by atoms with E-state index in [0.717, 1.165) is 5.56 Å². The number of hydrogen-bond acceptors (Lipinski definition) is 8. The highest BCUT2D eigenvalue weighted by atomic mass is 16.6. The van der Waals surface area contributed by atoms with Crippen molar-refractivity contribution in [2.24, 2.45) is 0 Å². The van der Waals surface area contributed by atoms with Crippen LogP contribution in [-0.4, -0.2) is 111 Å². The number of nitro benzene ring substituents is 1. The molecule has 1 aliphatic heterocycles. The maximum Gasteiger partial charge on any atom is 0.320 e. The number of rotatable bonds is 10. The van der Waals surface area contributed by atoms with E-state index < -0.39 is 28.9 Å². The summed E-state index contributed by atoms with van der Waals surface area (Å²) in [6, 6.07) is 5.08. The zero-order chi connectivity index (χ0) is 23.7. The van der Waals surface area contributed by atoms with E-state index in [2.05, 4.69) is 0 Å². The molecule has 1 aliphatic rings. The summed E-state index contributed by atoms with van der Waals surface area (Å²) in [6.45, 7) is 1.65. The summed E-state index contributed by atoms with van der Waals surface area (Å²) in [4.78, 5) is 49.7. The van der Waals surface area contributed by atoms with E-state index >= 15 is 0 Å². The van der Waals surface area contributed by atoms with Gasteiger partial charge < -0.3 is 15.3 Å². The van der Waals surface area contributed by atoms with Crippen molar-refractivity contribution in [1.29, 1.82) is 0 Å². The molecule has 0 radical (unpaired) electrons. The minimum atomic E-state index is -1.03. The van der Waals surface area contributed by atoms with Crippen LogP contribution < -0.4 is 0 Å². The molecule has 1 atom stereocenters. The molecule has 1 fully saturated rings. The molecule has 176 valence electrons. The number of benzene rings is 1. The van der Waals surface area contributed by atoms with Gasteiger partial charge >= 0.3 is 17.9 Å². The molecule has 2 rings (SSSR count). The molecule has 0 bridgehead atoms. The highest BCUT2D eigenvalue weighted by Crippen LogP contribution is 2.16. The van der Waals surface area contributed by atoms with Crippen molar-refractivity contribution in [1.82, 2.24) is 14.7 Å². The van der Waals surface area contributed by atoms with Crippen LogP contribution in [0.5, 0.6) is 0 Å². The predicted octanol–water partition coefficient (Wildman–Crippen LogP) is 0.0694. The van der Waals surface area contributed by atoms with Crippen molar-refractivity contribution in [2.75, 3.05) is 52.4 Å². The highest BCUT2D eigenvalue weighted by molar-refractivity contribution is 5.73. The summed E-state index contributed by atoms with van der Waals surface area (Å²) in [7, 11) is 0. The second-order valence-electron chi connectivity index (χ2n) is 7.69. The first-order valence-corrected chi connectivity index (χ1v) is 10.2. The van der Waals surface area contributed by atoms with Crippen molar-refractivity contribution in [2.45, 2.75) is 18.9 Å². The van der Waals surface area contributed by atoms with Crippen molar-refractivity contribution in [3.05, 3.63) is 39.9 Å². The van der Waals surface area contributed by atoms with Gasteiger partial charge in [-0.05, 0) is 18.4 Å². The lowest BCUT2D eigenvalue weighted by Crippen LogP contribution is -2.47. The van der Waals surface area contributed by atoms with Crippen molar-refractivity contribution < 1.29 is 34.6 Å². The van der Waals surface area contributed by atoms with Crippen LogP contribution in [0.3, 0.4) is 0 Å². The summed E-state index contributed by atoms with van der Waals surface area (Å²) < 4.78 is 0. The number of non-ortho nitro benzene ring substituents is 1. The topological polar surface area (TPSA) is 165 Å². The summed E-state index contributed by atoms with van der Waals surface area (Å²) >= 11 is 0. The largest absolute Gasteiger partial charge is 0.480 e.